The summed E-state index contributed by atoms with van der Waals surface area (Å²) in [5.74, 6) is 1.73. The van der Waals surface area contributed by atoms with Crippen molar-refractivity contribution in [3.05, 3.63) is 188 Å². The summed E-state index contributed by atoms with van der Waals surface area (Å²) >= 11 is 1.75. The van der Waals surface area contributed by atoms with E-state index in [9.17, 15) is 5.26 Å². The van der Waals surface area contributed by atoms with Gasteiger partial charge < -0.3 is 4.42 Å². The zero-order valence-corrected chi connectivity index (χ0v) is 31.7. The van der Waals surface area contributed by atoms with Crippen molar-refractivity contribution in [1.29, 1.82) is 5.26 Å². The van der Waals surface area contributed by atoms with Gasteiger partial charge >= 0.3 is 0 Å². The molecule has 11 rings (SSSR count). The number of fused-ring (bicyclic) bond motifs is 6. The second kappa shape index (κ2) is 13.8. The molecule has 0 fully saturated rings. The van der Waals surface area contributed by atoms with Gasteiger partial charge in [0.1, 0.15) is 11.2 Å². The van der Waals surface area contributed by atoms with E-state index in [0.717, 1.165) is 65.6 Å². The van der Waals surface area contributed by atoms with Crippen LogP contribution in [0.2, 0.25) is 0 Å². The van der Waals surface area contributed by atoms with Crippen molar-refractivity contribution in [2.75, 3.05) is 0 Å². The van der Waals surface area contributed by atoms with Crippen molar-refractivity contribution in [3.8, 4) is 73.6 Å². The van der Waals surface area contributed by atoms with Crippen LogP contribution in [0, 0.1) is 11.3 Å². The van der Waals surface area contributed by atoms with E-state index >= 15 is 0 Å². The molecule has 11 aromatic rings. The van der Waals surface area contributed by atoms with Crippen LogP contribution in [-0.4, -0.2) is 15.0 Å². The Bertz CT molecular complexity index is 3410. The van der Waals surface area contributed by atoms with Crippen LogP contribution in [0.15, 0.2) is 186 Å². The molecule has 6 heteroatoms. The van der Waals surface area contributed by atoms with Gasteiger partial charge in [-0.3, -0.25) is 0 Å². The number of furan rings is 1. The maximum Gasteiger partial charge on any atom is 0.165 e. The SMILES string of the molecule is N#Cc1cccc(-c2ccc(-c3nc(-c4ccc5c(c4)oc4cccc(-c6cccc(-c7ccccc7)c6)c45)nc(-c4cccc5c4sc4ccccc45)n3)cc2)c1. The molecule has 0 bridgehead atoms. The Morgan fingerprint density at radius 1 is 0.414 bits per heavy atom. The summed E-state index contributed by atoms with van der Waals surface area (Å²) in [5, 5.41) is 14.0. The minimum atomic E-state index is 0.557. The van der Waals surface area contributed by atoms with Crippen LogP contribution in [0.4, 0.5) is 0 Å². The molecule has 0 saturated carbocycles. The van der Waals surface area contributed by atoms with Gasteiger partial charge in [0.05, 0.1) is 11.6 Å². The highest BCUT2D eigenvalue weighted by molar-refractivity contribution is 7.26. The molecular formula is C52H30N4OS. The summed E-state index contributed by atoms with van der Waals surface area (Å²) in [5.41, 5.74) is 11.4. The lowest BCUT2D eigenvalue weighted by Gasteiger charge is -2.10. The topological polar surface area (TPSA) is 75.6 Å². The molecular weight excluding hydrogens is 729 g/mol. The van der Waals surface area contributed by atoms with Crippen molar-refractivity contribution in [2.24, 2.45) is 0 Å². The second-order valence-electron chi connectivity index (χ2n) is 14.3. The molecule has 0 aliphatic heterocycles. The highest BCUT2D eigenvalue weighted by Gasteiger charge is 2.19. The molecule has 0 N–H and O–H groups in total. The van der Waals surface area contributed by atoms with Gasteiger partial charge in [-0.25, -0.2) is 15.0 Å². The molecule has 0 unspecified atom stereocenters. The first-order chi connectivity index (χ1) is 28.7. The summed E-state index contributed by atoms with van der Waals surface area (Å²) in [6, 6.07) is 64.6. The average molecular weight is 759 g/mol. The zero-order chi connectivity index (χ0) is 38.6. The van der Waals surface area contributed by atoms with Crippen LogP contribution in [0.3, 0.4) is 0 Å². The summed E-state index contributed by atoms with van der Waals surface area (Å²) in [6.45, 7) is 0. The molecule has 3 heterocycles. The van der Waals surface area contributed by atoms with E-state index in [4.69, 9.17) is 19.4 Å². The largest absolute Gasteiger partial charge is 0.456 e. The summed E-state index contributed by atoms with van der Waals surface area (Å²) in [4.78, 5) is 15.4. The molecule has 5 nitrogen and oxygen atoms in total. The first kappa shape index (κ1) is 33.6. The van der Waals surface area contributed by atoms with E-state index in [2.05, 4.69) is 133 Å². The Labute approximate surface area is 337 Å². The van der Waals surface area contributed by atoms with Crippen molar-refractivity contribution in [3.63, 3.8) is 0 Å². The fourth-order valence-electron chi connectivity index (χ4n) is 7.96. The normalized spacial score (nSPS) is 11.4. The van der Waals surface area contributed by atoms with E-state index < -0.39 is 0 Å². The van der Waals surface area contributed by atoms with Crippen molar-refractivity contribution in [1.82, 2.24) is 15.0 Å². The van der Waals surface area contributed by atoms with Gasteiger partial charge in [0.2, 0.25) is 0 Å². The number of hydrogen-bond donors (Lipinski definition) is 0. The van der Waals surface area contributed by atoms with Crippen LogP contribution >= 0.6 is 11.3 Å². The van der Waals surface area contributed by atoms with E-state index in [-0.39, 0.29) is 0 Å². The van der Waals surface area contributed by atoms with Gasteiger partial charge in [0.25, 0.3) is 0 Å². The lowest BCUT2D eigenvalue weighted by Crippen LogP contribution is -2.00. The van der Waals surface area contributed by atoms with Crippen LogP contribution in [0.25, 0.3) is 110 Å². The van der Waals surface area contributed by atoms with Gasteiger partial charge in [-0.2, -0.15) is 5.26 Å². The number of benzene rings is 8. The maximum atomic E-state index is 9.47. The first-order valence-corrected chi connectivity index (χ1v) is 19.9. The standard InChI is InChI=1S/C52H30N4OS/c53-31-32-10-6-13-36(28-32)34-22-24-35(25-23-34)50-54-51(56-52(55-50)44-19-8-18-42-41-16-4-5-21-47(41)58-49(42)44)39-26-27-43-46(30-39)57-45-20-9-17-40(48(43)45)38-15-7-14-37(29-38)33-11-2-1-3-12-33/h1-30H. The molecule has 3 aromatic heterocycles. The number of nitriles is 1. The van der Waals surface area contributed by atoms with Crippen LogP contribution in [0.5, 0.6) is 0 Å². The van der Waals surface area contributed by atoms with E-state index in [1.165, 1.54) is 26.6 Å². The molecule has 0 radical (unpaired) electrons. The summed E-state index contributed by atoms with van der Waals surface area (Å²) in [6.07, 6.45) is 0. The Morgan fingerprint density at radius 3 is 1.90 bits per heavy atom. The highest BCUT2D eigenvalue weighted by Crippen LogP contribution is 2.41. The summed E-state index contributed by atoms with van der Waals surface area (Å²) in [7, 11) is 0. The van der Waals surface area contributed by atoms with Gasteiger partial charge in [-0.15, -0.1) is 11.3 Å². The van der Waals surface area contributed by atoms with E-state index in [1.54, 1.807) is 11.3 Å². The predicted octanol–water partition coefficient (Wildman–Crippen LogP) is 14.0. The molecule has 0 aliphatic rings. The van der Waals surface area contributed by atoms with Crippen molar-refractivity contribution in [2.45, 2.75) is 0 Å². The first-order valence-electron chi connectivity index (χ1n) is 19.1. The van der Waals surface area contributed by atoms with E-state index in [0.29, 0.717) is 23.0 Å². The molecule has 0 saturated heterocycles. The van der Waals surface area contributed by atoms with Gasteiger partial charge in [-0.1, -0.05) is 133 Å². The quantitative estimate of drug-likeness (QED) is 0.169. The van der Waals surface area contributed by atoms with Crippen molar-refractivity contribution >= 4 is 53.4 Å². The second-order valence-corrected chi connectivity index (χ2v) is 15.3. The molecule has 0 amide bonds. The van der Waals surface area contributed by atoms with Crippen LogP contribution < -0.4 is 0 Å². The Kier molecular flexibility index (Phi) is 7.99. The lowest BCUT2D eigenvalue weighted by molar-refractivity contribution is 0.669. The van der Waals surface area contributed by atoms with Crippen molar-refractivity contribution < 1.29 is 4.42 Å². The zero-order valence-electron chi connectivity index (χ0n) is 30.9. The number of aromatic nitrogens is 3. The fourth-order valence-corrected chi connectivity index (χ4v) is 9.17. The number of nitrogens with zero attached hydrogens (tertiary/aromatic N) is 4. The van der Waals surface area contributed by atoms with Crippen LogP contribution in [-0.2, 0) is 0 Å². The summed E-state index contributed by atoms with van der Waals surface area (Å²) < 4.78 is 8.95. The minimum absolute atomic E-state index is 0.557. The minimum Gasteiger partial charge on any atom is -0.456 e. The number of rotatable bonds is 6. The monoisotopic (exact) mass is 758 g/mol. The lowest BCUT2D eigenvalue weighted by atomic mass is 9.96. The molecule has 8 aromatic carbocycles. The Hall–Kier alpha value is -7.72. The fraction of sp³-hybridized carbons (Fsp3) is 0. The maximum absolute atomic E-state index is 9.47. The number of thiophene rings is 1. The Balaban J connectivity index is 1.06. The number of hydrogen-bond acceptors (Lipinski definition) is 6. The third-order valence-corrected chi connectivity index (χ3v) is 12.0. The smallest absolute Gasteiger partial charge is 0.165 e. The van der Waals surface area contributed by atoms with Gasteiger partial charge in [-0.05, 0) is 81.9 Å². The molecule has 270 valence electrons. The van der Waals surface area contributed by atoms with Gasteiger partial charge in [0.15, 0.2) is 17.5 Å². The molecule has 0 spiro atoms. The third-order valence-electron chi connectivity index (χ3n) is 10.8. The Morgan fingerprint density at radius 2 is 1.03 bits per heavy atom. The molecule has 58 heavy (non-hydrogen) atoms. The average Bonchev–Trinajstić information content (AvgIpc) is 3.88. The van der Waals surface area contributed by atoms with Crippen LogP contribution in [0.1, 0.15) is 5.56 Å². The van der Waals surface area contributed by atoms with Gasteiger partial charge in [0, 0.05) is 47.6 Å². The predicted molar refractivity (Wildman–Crippen MR) is 237 cm³/mol. The van der Waals surface area contributed by atoms with E-state index in [1.807, 2.05) is 54.6 Å². The highest BCUT2D eigenvalue weighted by atomic mass is 32.1. The molecule has 0 aliphatic carbocycles. The third kappa shape index (κ3) is 5.81. The molecule has 0 atom stereocenters.